The van der Waals surface area contributed by atoms with Crippen LogP contribution < -0.4 is 0 Å². The summed E-state index contributed by atoms with van der Waals surface area (Å²) in [5.74, 6) is 0.258. The van der Waals surface area contributed by atoms with E-state index in [1.165, 1.54) is 0 Å². The second-order valence-corrected chi connectivity index (χ2v) is 3.92. The lowest BCUT2D eigenvalue weighted by Crippen LogP contribution is -2.10. The van der Waals surface area contributed by atoms with E-state index in [0.29, 0.717) is 6.42 Å². The van der Waals surface area contributed by atoms with Crippen LogP contribution in [0.4, 0.5) is 0 Å². The summed E-state index contributed by atoms with van der Waals surface area (Å²) < 4.78 is 0. The predicted molar refractivity (Wildman–Crippen MR) is 49.8 cm³/mol. The van der Waals surface area contributed by atoms with Crippen LogP contribution in [0.15, 0.2) is 11.4 Å². The Bertz CT molecular complexity index is 224. The minimum Gasteiger partial charge on any atom is -0.392 e. The van der Waals surface area contributed by atoms with Crippen LogP contribution in [0.2, 0.25) is 5.02 Å². The Morgan fingerprint density at radius 3 is 2.82 bits per heavy atom. The fourth-order valence-electron chi connectivity index (χ4n) is 0.739. The normalized spacial score (nSPS) is 13.4. The lowest BCUT2D eigenvalue weighted by molar-refractivity contribution is 0.200. The number of aliphatic hydroxyl groups excluding tert-OH is 1. The maximum atomic E-state index is 9.17. The molecule has 1 atom stereocenters. The molecule has 4 heteroatoms. The summed E-state index contributed by atoms with van der Waals surface area (Å²) in [6.07, 6.45) is 0.0767. The van der Waals surface area contributed by atoms with Crippen molar-refractivity contribution in [2.45, 2.75) is 12.5 Å². The molecule has 0 aliphatic heterocycles. The quantitative estimate of drug-likeness (QED) is 0.761. The van der Waals surface area contributed by atoms with Gasteiger partial charge < -0.3 is 5.11 Å². The van der Waals surface area contributed by atoms with Gasteiger partial charge in [0.1, 0.15) is 0 Å². The van der Waals surface area contributed by atoms with Gasteiger partial charge in [0.05, 0.1) is 11.1 Å². The summed E-state index contributed by atoms with van der Waals surface area (Å²) >= 11 is 12.8. The van der Waals surface area contributed by atoms with Gasteiger partial charge in [-0.1, -0.05) is 11.6 Å². The average molecular weight is 211 g/mol. The Morgan fingerprint density at radius 2 is 2.36 bits per heavy atom. The molecule has 1 unspecified atom stereocenters. The summed E-state index contributed by atoms with van der Waals surface area (Å²) in [4.78, 5) is 1.000. The molecule has 0 spiro atoms. The van der Waals surface area contributed by atoms with E-state index < -0.39 is 6.10 Å². The summed E-state index contributed by atoms with van der Waals surface area (Å²) in [6, 6.07) is 1.82. The van der Waals surface area contributed by atoms with Crippen molar-refractivity contribution in [1.82, 2.24) is 0 Å². The smallest absolute Gasteiger partial charge is 0.0724 e. The minimum absolute atomic E-state index is 0.258. The van der Waals surface area contributed by atoms with Gasteiger partial charge in [-0.2, -0.15) is 0 Å². The number of hydrogen-bond acceptors (Lipinski definition) is 2. The molecule has 1 N–H and O–H groups in total. The Hall–Kier alpha value is 0.240. The fourth-order valence-corrected chi connectivity index (χ4v) is 2.03. The van der Waals surface area contributed by atoms with E-state index in [1.807, 2.05) is 11.4 Å². The van der Waals surface area contributed by atoms with Gasteiger partial charge >= 0.3 is 0 Å². The van der Waals surface area contributed by atoms with E-state index >= 15 is 0 Å². The number of aliphatic hydroxyl groups is 1. The maximum absolute atomic E-state index is 9.17. The molecule has 11 heavy (non-hydrogen) atoms. The third kappa shape index (κ3) is 2.64. The van der Waals surface area contributed by atoms with Crippen LogP contribution in [0.3, 0.4) is 0 Å². The standard InChI is InChI=1S/C7H8Cl2OS/c8-4-5(10)3-7-6(9)1-2-11-7/h1-2,5,10H,3-4H2. The Labute approximate surface area is 79.6 Å². The average Bonchev–Trinajstić information content (AvgIpc) is 2.37. The van der Waals surface area contributed by atoms with Crippen molar-refractivity contribution in [2.24, 2.45) is 0 Å². The molecule has 1 aromatic heterocycles. The molecular weight excluding hydrogens is 203 g/mol. The van der Waals surface area contributed by atoms with Crippen molar-refractivity contribution in [3.8, 4) is 0 Å². The number of rotatable bonds is 3. The highest BCUT2D eigenvalue weighted by Crippen LogP contribution is 2.23. The SMILES string of the molecule is OC(CCl)Cc1sccc1Cl. The van der Waals surface area contributed by atoms with Gasteiger partial charge in [-0.3, -0.25) is 0 Å². The second kappa shape index (κ2) is 4.31. The Morgan fingerprint density at radius 1 is 1.64 bits per heavy atom. The Kier molecular flexibility index (Phi) is 3.66. The summed E-state index contributed by atoms with van der Waals surface area (Å²) in [5, 5.41) is 11.8. The fraction of sp³-hybridized carbons (Fsp3) is 0.429. The first-order valence-electron chi connectivity index (χ1n) is 3.20. The molecule has 0 saturated carbocycles. The summed E-state index contributed by atoms with van der Waals surface area (Å²) in [5.41, 5.74) is 0. The number of alkyl halides is 1. The van der Waals surface area contributed by atoms with Crippen molar-refractivity contribution in [3.63, 3.8) is 0 Å². The molecule has 0 radical (unpaired) electrons. The lowest BCUT2D eigenvalue weighted by atomic mass is 10.2. The molecule has 0 amide bonds. The third-order valence-corrected chi connectivity index (χ3v) is 3.06. The van der Waals surface area contributed by atoms with Gasteiger partial charge in [-0.25, -0.2) is 0 Å². The van der Waals surface area contributed by atoms with Crippen LogP contribution in [-0.4, -0.2) is 17.1 Å². The number of hydrogen-bond donors (Lipinski definition) is 1. The second-order valence-electron chi connectivity index (χ2n) is 2.20. The molecule has 62 valence electrons. The largest absolute Gasteiger partial charge is 0.392 e. The molecular formula is C7H8Cl2OS. The summed E-state index contributed by atoms with van der Waals surface area (Å²) in [7, 11) is 0. The molecule has 1 heterocycles. The van der Waals surface area contributed by atoms with E-state index in [2.05, 4.69) is 0 Å². The summed E-state index contributed by atoms with van der Waals surface area (Å²) in [6.45, 7) is 0. The molecule has 0 bridgehead atoms. The van der Waals surface area contributed by atoms with Crippen LogP contribution >= 0.6 is 34.5 Å². The molecule has 1 aromatic rings. The van der Waals surface area contributed by atoms with Crippen molar-refractivity contribution in [3.05, 3.63) is 21.3 Å². The van der Waals surface area contributed by atoms with E-state index in [-0.39, 0.29) is 5.88 Å². The minimum atomic E-state index is -0.479. The van der Waals surface area contributed by atoms with Gasteiger partial charge in [-0.05, 0) is 11.4 Å². The first kappa shape index (κ1) is 9.33. The molecule has 1 rings (SSSR count). The first-order valence-corrected chi connectivity index (χ1v) is 4.99. The van der Waals surface area contributed by atoms with E-state index in [9.17, 15) is 5.11 Å². The topological polar surface area (TPSA) is 20.2 Å². The molecule has 0 fully saturated rings. The van der Waals surface area contributed by atoms with Gasteiger partial charge in [0.15, 0.2) is 0 Å². The van der Waals surface area contributed by atoms with Gasteiger partial charge in [-0.15, -0.1) is 22.9 Å². The van der Waals surface area contributed by atoms with Crippen molar-refractivity contribution in [1.29, 1.82) is 0 Å². The van der Waals surface area contributed by atoms with Crippen molar-refractivity contribution >= 4 is 34.5 Å². The first-order chi connectivity index (χ1) is 5.24. The highest BCUT2D eigenvalue weighted by Gasteiger charge is 2.07. The van der Waals surface area contributed by atoms with Crippen molar-refractivity contribution < 1.29 is 5.11 Å². The molecule has 0 aliphatic carbocycles. The van der Waals surface area contributed by atoms with Crippen molar-refractivity contribution in [2.75, 3.05) is 5.88 Å². The molecule has 0 aliphatic rings. The van der Waals surface area contributed by atoms with E-state index in [0.717, 1.165) is 9.90 Å². The van der Waals surface area contributed by atoms with E-state index in [1.54, 1.807) is 11.3 Å². The number of halogens is 2. The maximum Gasteiger partial charge on any atom is 0.0724 e. The third-order valence-electron chi connectivity index (χ3n) is 1.29. The highest BCUT2D eigenvalue weighted by molar-refractivity contribution is 7.10. The monoisotopic (exact) mass is 210 g/mol. The van der Waals surface area contributed by atoms with Crippen LogP contribution in [-0.2, 0) is 6.42 Å². The van der Waals surface area contributed by atoms with Crippen LogP contribution in [0.5, 0.6) is 0 Å². The molecule has 0 aromatic carbocycles. The zero-order valence-corrected chi connectivity index (χ0v) is 8.09. The highest BCUT2D eigenvalue weighted by atomic mass is 35.5. The molecule has 1 nitrogen and oxygen atoms in total. The Balaban J connectivity index is 2.56. The zero-order chi connectivity index (χ0) is 8.27. The lowest BCUT2D eigenvalue weighted by Gasteiger charge is -2.03. The van der Waals surface area contributed by atoms with E-state index in [4.69, 9.17) is 23.2 Å². The molecule has 0 saturated heterocycles. The van der Waals surface area contributed by atoms with Crippen LogP contribution in [0, 0.1) is 0 Å². The van der Waals surface area contributed by atoms with Crippen LogP contribution in [0.25, 0.3) is 0 Å². The van der Waals surface area contributed by atoms with Gasteiger partial charge in [0.25, 0.3) is 0 Å². The van der Waals surface area contributed by atoms with Gasteiger partial charge in [0.2, 0.25) is 0 Å². The number of thiophene rings is 1. The van der Waals surface area contributed by atoms with Crippen LogP contribution in [0.1, 0.15) is 4.88 Å². The van der Waals surface area contributed by atoms with Gasteiger partial charge in [0, 0.05) is 17.2 Å². The zero-order valence-electron chi connectivity index (χ0n) is 5.76. The predicted octanol–water partition coefficient (Wildman–Crippen LogP) is 2.54.